The van der Waals surface area contributed by atoms with Crippen molar-refractivity contribution < 1.29 is 23.8 Å². The van der Waals surface area contributed by atoms with Crippen LogP contribution in [0.15, 0.2) is 36.0 Å². The van der Waals surface area contributed by atoms with Crippen LogP contribution in [0.4, 0.5) is 0 Å². The fourth-order valence-electron chi connectivity index (χ4n) is 5.13. The van der Waals surface area contributed by atoms with E-state index >= 15 is 0 Å². The molecule has 0 bridgehead atoms. The SMILES string of the molecule is CC(/C=C/[C@H]1O[C@H](CC(N)=O)C[C@@]2(CO2)[C@@H]1C)=C\C[C@@H]1O[C@H](C)[C@H](NC(=O)/C=C\C(C)C)C[C@@H]1C. The molecule has 196 valence electrons. The first-order chi connectivity index (χ1) is 16.5. The molecule has 3 saturated heterocycles. The summed E-state index contributed by atoms with van der Waals surface area (Å²) >= 11 is 0. The largest absolute Gasteiger partial charge is 0.373 e. The van der Waals surface area contributed by atoms with Gasteiger partial charge in [0.1, 0.15) is 0 Å². The molecule has 35 heavy (non-hydrogen) atoms. The van der Waals surface area contributed by atoms with Gasteiger partial charge in [-0.15, -0.1) is 0 Å². The van der Waals surface area contributed by atoms with E-state index < -0.39 is 0 Å². The number of nitrogens with two attached hydrogens (primary N) is 1. The summed E-state index contributed by atoms with van der Waals surface area (Å²) in [4.78, 5) is 23.6. The van der Waals surface area contributed by atoms with E-state index in [4.69, 9.17) is 19.9 Å². The summed E-state index contributed by atoms with van der Waals surface area (Å²) < 4.78 is 18.2. The molecule has 7 nitrogen and oxygen atoms in total. The molecule has 3 heterocycles. The van der Waals surface area contributed by atoms with Crippen molar-refractivity contribution in [3.8, 4) is 0 Å². The van der Waals surface area contributed by atoms with Gasteiger partial charge >= 0.3 is 0 Å². The molecule has 0 aliphatic carbocycles. The Labute approximate surface area is 210 Å². The molecule has 0 aromatic rings. The lowest BCUT2D eigenvalue weighted by Gasteiger charge is -2.39. The average Bonchev–Trinajstić information content (AvgIpc) is 3.54. The molecule has 1 spiro atoms. The van der Waals surface area contributed by atoms with Gasteiger partial charge in [0, 0.05) is 12.3 Å². The number of rotatable bonds is 9. The Hall–Kier alpha value is -1.96. The third-order valence-corrected chi connectivity index (χ3v) is 7.59. The Morgan fingerprint density at radius 2 is 1.89 bits per heavy atom. The summed E-state index contributed by atoms with van der Waals surface area (Å²) in [6, 6.07) is 0.0192. The zero-order valence-electron chi connectivity index (χ0n) is 22.2. The average molecular weight is 489 g/mol. The Kier molecular flexibility index (Phi) is 9.35. The van der Waals surface area contributed by atoms with Crippen LogP contribution in [-0.4, -0.2) is 54.5 Å². The number of nitrogens with one attached hydrogen (secondary N) is 1. The van der Waals surface area contributed by atoms with Gasteiger partial charge in [0.15, 0.2) is 0 Å². The van der Waals surface area contributed by atoms with E-state index in [0.717, 1.165) is 31.4 Å². The number of amides is 2. The summed E-state index contributed by atoms with van der Waals surface area (Å²) in [7, 11) is 0. The molecule has 8 atom stereocenters. The summed E-state index contributed by atoms with van der Waals surface area (Å²) in [6.45, 7) is 13.3. The molecule has 3 N–H and O–H groups in total. The lowest BCUT2D eigenvalue weighted by Crippen LogP contribution is -2.50. The fraction of sp³-hybridized carbons (Fsp3) is 0.714. The van der Waals surface area contributed by atoms with Crippen LogP contribution in [-0.2, 0) is 23.8 Å². The van der Waals surface area contributed by atoms with E-state index in [1.54, 1.807) is 6.08 Å². The topological polar surface area (TPSA) is 103 Å². The highest BCUT2D eigenvalue weighted by atomic mass is 16.6. The highest BCUT2D eigenvalue weighted by Crippen LogP contribution is 2.47. The molecule has 0 radical (unpaired) electrons. The maximum atomic E-state index is 12.2. The van der Waals surface area contributed by atoms with Crippen LogP contribution in [0.25, 0.3) is 0 Å². The number of allylic oxidation sites excluding steroid dienone is 3. The first-order valence-electron chi connectivity index (χ1n) is 13.1. The third-order valence-electron chi connectivity index (χ3n) is 7.59. The molecule has 3 aliphatic rings. The first-order valence-corrected chi connectivity index (χ1v) is 13.1. The van der Waals surface area contributed by atoms with Crippen LogP contribution in [0.1, 0.15) is 67.2 Å². The van der Waals surface area contributed by atoms with E-state index in [-0.39, 0.29) is 60.2 Å². The second-order valence-corrected chi connectivity index (χ2v) is 11.1. The first kappa shape index (κ1) is 27.6. The number of carbonyl (C=O) groups is 2. The maximum absolute atomic E-state index is 12.2. The number of hydrogen-bond donors (Lipinski definition) is 2. The fourth-order valence-corrected chi connectivity index (χ4v) is 5.13. The van der Waals surface area contributed by atoms with Crippen LogP contribution in [0.2, 0.25) is 0 Å². The normalized spacial score (nSPS) is 37.9. The van der Waals surface area contributed by atoms with Crippen LogP contribution in [0.5, 0.6) is 0 Å². The predicted molar refractivity (Wildman–Crippen MR) is 136 cm³/mol. The quantitative estimate of drug-likeness (QED) is 0.292. The summed E-state index contributed by atoms with van der Waals surface area (Å²) in [5.74, 6) is 0.508. The van der Waals surface area contributed by atoms with Gasteiger partial charge in [0.25, 0.3) is 0 Å². The second kappa shape index (κ2) is 11.8. The van der Waals surface area contributed by atoms with Crippen molar-refractivity contribution in [2.45, 2.75) is 103 Å². The zero-order valence-corrected chi connectivity index (χ0v) is 22.2. The molecule has 0 saturated carbocycles. The van der Waals surface area contributed by atoms with Gasteiger partial charge in [-0.2, -0.15) is 0 Å². The monoisotopic (exact) mass is 488 g/mol. The van der Waals surface area contributed by atoms with E-state index in [1.807, 2.05) is 13.0 Å². The molecule has 3 rings (SSSR count). The van der Waals surface area contributed by atoms with Crippen molar-refractivity contribution in [3.05, 3.63) is 36.0 Å². The van der Waals surface area contributed by atoms with E-state index in [1.165, 1.54) is 0 Å². The predicted octanol–water partition coefficient (Wildman–Crippen LogP) is 3.83. The second-order valence-electron chi connectivity index (χ2n) is 11.1. The highest BCUT2D eigenvalue weighted by Gasteiger charge is 2.56. The molecule has 2 amide bonds. The Bertz CT molecular complexity index is 844. The summed E-state index contributed by atoms with van der Waals surface area (Å²) in [6.07, 6.45) is 12.3. The van der Waals surface area contributed by atoms with Gasteiger partial charge in [0.05, 0.1) is 49.1 Å². The van der Waals surface area contributed by atoms with Crippen molar-refractivity contribution in [2.75, 3.05) is 6.61 Å². The Morgan fingerprint density at radius 3 is 2.51 bits per heavy atom. The lowest BCUT2D eigenvalue weighted by atomic mass is 9.81. The highest BCUT2D eigenvalue weighted by molar-refractivity contribution is 5.87. The number of carbonyl (C=O) groups excluding carboxylic acids is 2. The maximum Gasteiger partial charge on any atom is 0.243 e. The van der Waals surface area contributed by atoms with Gasteiger partial charge in [-0.3, -0.25) is 9.59 Å². The van der Waals surface area contributed by atoms with Gasteiger partial charge in [-0.25, -0.2) is 0 Å². The van der Waals surface area contributed by atoms with Crippen molar-refractivity contribution in [2.24, 2.45) is 23.5 Å². The minimum absolute atomic E-state index is 0.0192. The van der Waals surface area contributed by atoms with E-state index in [2.05, 4.69) is 58.2 Å². The molecule has 3 fully saturated rings. The van der Waals surface area contributed by atoms with Crippen LogP contribution < -0.4 is 11.1 Å². The van der Waals surface area contributed by atoms with Crippen molar-refractivity contribution in [1.29, 1.82) is 0 Å². The number of primary amides is 1. The molecule has 7 heteroatoms. The van der Waals surface area contributed by atoms with Crippen molar-refractivity contribution in [3.63, 3.8) is 0 Å². The van der Waals surface area contributed by atoms with Crippen molar-refractivity contribution >= 4 is 11.8 Å². The minimum Gasteiger partial charge on any atom is -0.373 e. The van der Waals surface area contributed by atoms with Crippen LogP contribution >= 0.6 is 0 Å². The van der Waals surface area contributed by atoms with Gasteiger partial charge in [-0.05, 0) is 44.6 Å². The van der Waals surface area contributed by atoms with E-state index in [9.17, 15) is 9.59 Å². The van der Waals surface area contributed by atoms with Gasteiger partial charge < -0.3 is 25.3 Å². The summed E-state index contributed by atoms with van der Waals surface area (Å²) in [5, 5.41) is 3.10. The molecular weight excluding hydrogens is 444 g/mol. The molecule has 3 aliphatic heterocycles. The Morgan fingerprint density at radius 1 is 1.17 bits per heavy atom. The number of epoxide rings is 1. The third kappa shape index (κ3) is 7.76. The molecule has 0 unspecified atom stereocenters. The smallest absolute Gasteiger partial charge is 0.243 e. The Balaban J connectivity index is 1.52. The molecule has 0 aromatic heterocycles. The van der Waals surface area contributed by atoms with Crippen molar-refractivity contribution in [1.82, 2.24) is 5.32 Å². The van der Waals surface area contributed by atoms with Crippen LogP contribution in [0.3, 0.4) is 0 Å². The van der Waals surface area contributed by atoms with Crippen LogP contribution in [0, 0.1) is 17.8 Å². The summed E-state index contributed by atoms with van der Waals surface area (Å²) in [5.41, 5.74) is 6.36. The zero-order chi connectivity index (χ0) is 25.8. The molecular formula is C28H44N2O5. The molecule has 0 aromatic carbocycles. The standard InChI is InChI=1S/C28H44N2O5/c1-17(2)7-12-27(32)30-23-13-19(4)24(34-21(23)6)10-8-18(3)9-11-25-20(5)28(16-33-28)15-22(35-25)14-26(29)31/h7-9,11-12,17,19-25H,10,13-16H2,1-6H3,(H2,29,31)(H,30,32)/b11-9+,12-7-,18-8+/t19-,20+,21+,22+,23+,24-,25+,28+/m0/s1. The lowest BCUT2D eigenvalue weighted by molar-refractivity contribution is -0.128. The number of hydrogen-bond acceptors (Lipinski definition) is 5. The number of ether oxygens (including phenoxy) is 3. The van der Waals surface area contributed by atoms with Gasteiger partial charge in [-0.1, -0.05) is 57.6 Å². The minimum atomic E-state index is -0.344. The van der Waals surface area contributed by atoms with E-state index in [0.29, 0.717) is 11.8 Å². The van der Waals surface area contributed by atoms with Gasteiger partial charge in [0.2, 0.25) is 11.8 Å².